The van der Waals surface area contributed by atoms with E-state index in [2.05, 4.69) is 63.1 Å². The van der Waals surface area contributed by atoms with Gasteiger partial charge in [-0.2, -0.15) is 0 Å². The zero-order valence-electron chi connectivity index (χ0n) is 23.1. The van der Waals surface area contributed by atoms with Crippen molar-refractivity contribution in [2.75, 3.05) is 7.05 Å². The highest BCUT2D eigenvalue weighted by Gasteiger charge is 2.60. The Balaban J connectivity index is 1.24. The molecular formula is C31H45N3O2. The van der Waals surface area contributed by atoms with Crippen LogP contribution in [0, 0.1) is 34.5 Å². The lowest BCUT2D eigenvalue weighted by molar-refractivity contribution is -0.139. The Morgan fingerprint density at radius 1 is 1.14 bits per heavy atom. The molecule has 5 nitrogen and oxygen atoms in total. The van der Waals surface area contributed by atoms with Crippen LogP contribution in [0.2, 0.25) is 0 Å². The molecule has 5 heteroatoms. The van der Waals surface area contributed by atoms with Gasteiger partial charge in [-0.25, -0.2) is 0 Å². The number of nitrogens with one attached hydrogen (secondary N) is 1. The zero-order chi connectivity index (χ0) is 25.9. The SMILES string of the molecule is CN1C(=O)C=C[C@]2(C)[C@H]3CC[C@]4(C)[C@@H](CC(=O)NCc5cc(C(C)(C)C)ccn5)CC[C@H]4[C@@H]3CC[C@@H]12. The molecule has 1 N–H and O–H groups in total. The molecule has 3 saturated carbocycles. The molecule has 3 fully saturated rings. The molecule has 5 rings (SSSR count). The number of carbonyl (C=O) groups is 2. The van der Waals surface area contributed by atoms with Crippen LogP contribution in [0.5, 0.6) is 0 Å². The first-order chi connectivity index (χ1) is 16.9. The van der Waals surface area contributed by atoms with Gasteiger partial charge < -0.3 is 10.2 Å². The van der Waals surface area contributed by atoms with Crippen molar-refractivity contribution in [3.63, 3.8) is 0 Å². The van der Waals surface area contributed by atoms with Crippen LogP contribution in [-0.2, 0) is 21.5 Å². The van der Waals surface area contributed by atoms with Crippen molar-refractivity contribution in [3.05, 3.63) is 41.7 Å². The molecule has 0 radical (unpaired) electrons. The predicted molar refractivity (Wildman–Crippen MR) is 143 cm³/mol. The van der Waals surface area contributed by atoms with Crippen molar-refractivity contribution in [3.8, 4) is 0 Å². The van der Waals surface area contributed by atoms with Crippen molar-refractivity contribution in [2.45, 2.75) is 97.6 Å². The van der Waals surface area contributed by atoms with E-state index in [1.807, 2.05) is 24.2 Å². The molecule has 0 unspecified atom stereocenters. The van der Waals surface area contributed by atoms with Gasteiger partial charge in [0.05, 0.1) is 12.2 Å². The molecule has 0 spiro atoms. The first-order valence-corrected chi connectivity index (χ1v) is 14.1. The van der Waals surface area contributed by atoms with Gasteiger partial charge in [-0.15, -0.1) is 0 Å². The smallest absolute Gasteiger partial charge is 0.246 e. The van der Waals surface area contributed by atoms with Crippen LogP contribution in [0.15, 0.2) is 30.5 Å². The van der Waals surface area contributed by atoms with E-state index in [4.69, 9.17) is 0 Å². The topological polar surface area (TPSA) is 62.3 Å². The summed E-state index contributed by atoms with van der Waals surface area (Å²) in [6, 6.07) is 4.51. The molecule has 4 aliphatic rings. The van der Waals surface area contributed by atoms with Crippen LogP contribution in [0.4, 0.5) is 0 Å². The summed E-state index contributed by atoms with van der Waals surface area (Å²) >= 11 is 0. The lowest BCUT2D eigenvalue weighted by Gasteiger charge is -2.60. The van der Waals surface area contributed by atoms with Crippen molar-refractivity contribution in [1.82, 2.24) is 15.2 Å². The largest absolute Gasteiger partial charge is 0.350 e. The van der Waals surface area contributed by atoms with E-state index in [9.17, 15) is 9.59 Å². The quantitative estimate of drug-likeness (QED) is 0.593. The Hall–Kier alpha value is -2.17. The highest BCUT2D eigenvalue weighted by atomic mass is 16.2. The summed E-state index contributed by atoms with van der Waals surface area (Å²) in [7, 11) is 1.99. The van der Waals surface area contributed by atoms with Crippen molar-refractivity contribution >= 4 is 11.8 Å². The average molecular weight is 492 g/mol. The van der Waals surface area contributed by atoms with Crippen LogP contribution >= 0.6 is 0 Å². The molecule has 196 valence electrons. The number of hydrogen-bond donors (Lipinski definition) is 1. The van der Waals surface area contributed by atoms with Gasteiger partial charge in [-0.1, -0.05) is 40.7 Å². The Bertz CT molecular complexity index is 1060. The Labute approximate surface area is 217 Å². The second kappa shape index (κ2) is 8.99. The molecule has 1 aromatic heterocycles. The van der Waals surface area contributed by atoms with E-state index in [0.717, 1.165) is 18.5 Å². The van der Waals surface area contributed by atoms with Gasteiger partial charge in [0.1, 0.15) is 0 Å². The molecule has 2 heterocycles. The third-order valence-corrected chi connectivity index (χ3v) is 10.9. The lowest BCUT2D eigenvalue weighted by atomic mass is 9.47. The van der Waals surface area contributed by atoms with Crippen LogP contribution in [-0.4, -0.2) is 34.8 Å². The monoisotopic (exact) mass is 491 g/mol. The molecule has 0 aromatic carbocycles. The van der Waals surface area contributed by atoms with E-state index in [1.165, 1.54) is 31.2 Å². The number of fused-ring (bicyclic) bond motifs is 5. The number of rotatable bonds is 4. The summed E-state index contributed by atoms with van der Waals surface area (Å²) in [5, 5.41) is 3.18. The third-order valence-electron chi connectivity index (χ3n) is 10.9. The molecule has 1 aromatic rings. The van der Waals surface area contributed by atoms with Crippen molar-refractivity contribution in [2.24, 2.45) is 34.5 Å². The summed E-state index contributed by atoms with van der Waals surface area (Å²) < 4.78 is 0. The normalized spacial score (nSPS) is 37.8. The molecule has 1 aliphatic heterocycles. The van der Waals surface area contributed by atoms with Gasteiger partial charge in [0.25, 0.3) is 0 Å². The molecule has 36 heavy (non-hydrogen) atoms. The second-order valence-corrected chi connectivity index (χ2v) is 13.7. The minimum Gasteiger partial charge on any atom is -0.350 e. The molecule has 3 aliphatic carbocycles. The summed E-state index contributed by atoms with van der Waals surface area (Å²) in [5.74, 6) is 2.80. The maximum Gasteiger partial charge on any atom is 0.246 e. The van der Waals surface area contributed by atoms with E-state index in [1.54, 1.807) is 0 Å². The first-order valence-electron chi connectivity index (χ1n) is 14.1. The fourth-order valence-electron chi connectivity index (χ4n) is 8.71. The number of amides is 2. The van der Waals surface area contributed by atoms with Crippen molar-refractivity contribution < 1.29 is 9.59 Å². The average Bonchev–Trinajstić information content (AvgIpc) is 3.16. The van der Waals surface area contributed by atoms with E-state index < -0.39 is 0 Å². The second-order valence-electron chi connectivity index (χ2n) is 13.7. The van der Waals surface area contributed by atoms with Gasteiger partial charge >= 0.3 is 0 Å². The molecular weight excluding hydrogens is 446 g/mol. The van der Waals surface area contributed by atoms with Crippen molar-refractivity contribution in [1.29, 1.82) is 0 Å². The van der Waals surface area contributed by atoms with Crippen LogP contribution < -0.4 is 5.32 Å². The first kappa shape index (κ1) is 25.5. The van der Waals surface area contributed by atoms with Gasteiger partial charge in [0, 0.05) is 31.1 Å². The predicted octanol–water partition coefficient (Wildman–Crippen LogP) is 5.64. The fourth-order valence-corrected chi connectivity index (χ4v) is 8.71. The van der Waals surface area contributed by atoms with E-state index in [-0.39, 0.29) is 28.1 Å². The number of likely N-dealkylation sites (N-methyl/N-ethyl adjacent to an activating group) is 1. The molecule has 2 amide bonds. The van der Waals surface area contributed by atoms with E-state index >= 15 is 0 Å². The number of nitrogens with zero attached hydrogens (tertiary/aromatic N) is 2. The van der Waals surface area contributed by atoms with E-state index in [0.29, 0.717) is 42.7 Å². The molecule has 0 saturated heterocycles. The lowest BCUT2D eigenvalue weighted by Crippen LogP contribution is -2.59. The highest BCUT2D eigenvalue weighted by molar-refractivity contribution is 5.89. The van der Waals surface area contributed by atoms with Crippen LogP contribution in [0.1, 0.15) is 90.8 Å². The summed E-state index contributed by atoms with van der Waals surface area (Å²) in [5.41, 5.74) is 2.57. The maximum atomic E-state index is 13.1. The number of carbonyl (C=O) groups excluding carboxylic acids is 2. The Kier molecular flexibility index (Phi) is 6.36. The Morgan fingerprint density at radius 3 is 2.67 bits per heavy atom. The number of aromatic nitrogens is 1. The summed E-state index contributed by atoms with van der Waals surface area (Å²) in [6.45, 7) is 12.0. The fraction of sp³-hybridized carbons (Fsp3) is 0.710. The Morgan fingerprint density at radius 2 is 1.92 bits per heavy atom. The summed E-state index contributed by atoms with van der Waals surface area (Å²) in [6.07, 6.45) is 13.7. The highest BCUT2D eigenvalue weighted by Crippen LogP contribution is 2.65. The summed E-state index contributed by atoms with van der Waals surface area (Å²) in [4.78, 5) is 31.9. The van der Waals surface area contributed by atoms with Gasteiger partial charge in [-0.3, -0.25) is 14.6 Å². The third kappa shape index (κ3) is 4.20. The minimum atomic E-state index is 0.0720. The number of hydrogen-bond acceptors (Lipinski definition) is 3. The number of pyridine rings is 1. The van der Waals surface area contributed by atoms with Crippen LogP contribution in [0.3, 0.4) is 0 Å². The van der Waals surface area contributed by atoms with Gasteiger partial charge in [0.15, 0.2) is 0 Å². The maximum absolute atomic E-state index is 13.1. The van der Waals surface area contributed by atoms with Gasteiger partial charge in [-0.05, 0) is 96.8 Å². The molecule has 7 atom stereocenters. The molecule has 0 bridgehead atoms. The van der Waals surface area contributed by atoms with Gasteiger partial charge in [0.2, 0.25) is 11.8 Å². The minimum absolute atomic E-state index is 0.0720. The van der Waals surface area contributed by atoms with Crippen LogP contribution in [0.25, 0.3) is 0 Å². The standard InChI is InChI=1S/C31H45N3O2/c1-29(2,3)20-13-16-32-22(17-20)19-33-27(35)18-21-7-9-24-23-8-10-26-31(5,15-12-28(36)34(26)6)25(23)11-14-30(21,24)4/h12-13,15-17,21,23-26H,7-11,14,18-19H2,1-6H3,(H,33,35)/t21-,23+,24+,25+,26-,30-,31-/m1/s1. The zero-order valence-corrected chi connectivity index (χ0v) is 23.1.